The lowest BCUT2D eigenvalue weighted by atomic mass is 10.2. The number of aliphatic hydroxyl groups is 1. The number of sulfonamides is 1. The average molecular weight is 319 g/mol. The summed E-state index contributed by atoms with van der Waals surface area (Å²) in [5.41, 5.74) is 0.297. The standard InChI is InChI=1S/C13H15F2NO4S/c1-20-12-6-5-11(8-10(12)4-2-3-7-17)21(18,19)16-9-13(14)15/h5-6,8,13,16-17H,3,7,9H2,1H3. The first-order valence-electron chi connectivity index (χ1n) is 5.96. The highest BCUT2D eigenvalue weighted by Crippen LogP contribution is 2.21. The van der Waals surface area contributed by atoms with Crippen molar-refractivity contribution in [2.45, 2.75) is 17.7 Å². The fourth-order valence-corrected chi connectivity index (χ4v) is 2.45. The molecule has 116 valence electrons. The van der Waals surface area contributed by atoms with Crippen LogP contribution >= 0.6 is 0 Å². The van der Waals surface area contributed by atoms with Crippen LogP contribution < -0.4 is 9.46 Å². The Bertz CT molecular complexity index is 635. The molecule has 8 heteroatoms. The Balaban J connectivity index is 3.10. The molecule has 0 aliphatic heterocycles. The number of methoxy groups -OCH3 is 1. The van der Waals surface area contributed by atoms with E-state index in [9.17, 15) is 17.2 Å². The Morgan fingerprint density at radius 2 is 2.14 bits per heavy atom. The zero-order valence-electron chi connectivity index (χ0n) is 11.3. The highest BCUT2D eigenvalue weighted by molar-refractivity contribution is 7.89. The van der Waals surface area contributed by atoms with Crippen LogP contribution in [-0.4, -0.2) is 40.2 Å². The van der Waals surface area contributed by atoms with Crippen molar-refractivity contribution in [1.82, 2.24) is 4.72 Å². The van der Waals surface area contributed by atoms with Crippen LogP contribution in [0.3, 0.4) is 0 Å². The second-order valence-electron chi connectivity index (χ2n) is 3.88. The summed E-state index contributed by atoms with van der Waals surface area (Å²) in [7, 11) is -2.64. The number of hydrogen-bond donors (Lipinski definition) is 2. The monoisotopic (exact) mass is 319 g/mol. The molecule has 0 atom stereocenters. The van der Waals surface area contributed by atoms with Crippen molar-refractivity contribution < 1.29 is 27.0 Å². The summed E-state index contributed by atoms with van der Waals surface area (Å²) in [6.45, 7) is -1.08. The number of ether oxygens (including phenoxy) is 1. The van der Waals surface area contributed by atoms with Crippen molar-refractivity contribution in [3.05, 3.63) is 23.8 Å². The minimum absolute atomic E-state index is 0.122. The molecule has 1 aromatic carbocycles. The van der Waals surface area contributed by atoms with Crippen LogP contribution in [-0.2, 0) is 10.0 Å². The summed E-state index contributed by atoms with van der Waals surface area (Å²) >= 11 is 0. The summed E-state index contributed by atoms with van der Waals surface area (Å²) in [6.07, 6.45) is -2.55. The minimum atomic E-state index is -4.04. The van der Waals surface area contributed by atoms with Gasteiger partial charge >= 0.3 is 0 Å². The molecule has 2 N–H and O–H groups in total. The maximum atomic E-state index is 12.1. The molecule has 0 aliphatic carbocycles. The van der Waals surface area contributed by atoms with E-state index in [1.165, 1.54) is 25.3 Å². The van der Waals surface area contributed by atoms with Gasteiger partial charge in [0.25, 0.3) is 6.43 Å². The SMILES string of the molecule is COc1ccc(S(=O)(=O)NCC(F)F)cc1C#CCCO. The van der Waals surface area contributed by atoms with E-state index < -0.39 is 23.0 Å². The molecule has 1 rings (SSSR count). The Morgan fingerprint density at radius 1 is 1.43 bits per heavy atom. The second kappa shape index (κ2) is 7.93. The van der Waals surface area contributed by atoms with Gasteiger partial charge in [0, 0.05) is 6.42 Å². The van der Waals surface area contributed by atoms with Crippen molar-refractivity contribution in [3.8, 4) is 17.6 Å². The number of rotatable bonds is 6. The molecule has 0 aliphatic rings. The Labute approximate surface area is 122 Å². The highest BCUT2D eigenvalue weighted by atomic mass is 32.2. The predicted octanol–water partition coefficient (Wildman–Crippen LogP) is 0.972. The molecular formula is C13H15F2NO4S. The molecule has 1 aromatic rings. The first-order valence-corrected chi connectivity index (χ1v) is 7.44. The predicted molar refractivity (Wildman–Crippen MR) is 72.8 cm³/mol. The van der Waals surface area contributed by atoms with Gasteiger partial charge in [-0.3, -0.25) is 0 Å². The maximum Gasteiger partial charge on any atom is 0.251 e. The molecule has 0 unspecified atom stereocenters. The average Bonchev–Trinajstić information content (AvgIpc) is 2.45. The van der Waals surface area contributed by atoms with Crippen molar-refractivity contribution >= 4 is 10.0 Å². The van der Waals surface area contributed by atoms with Gasteiger partial charge in [0.2, 0.25) is 10.0 Å². The Morgan fingerprint density at radius 3 is 2.71 bits per heavy atom. The van der Waals surface area contributed by atoms with Gasteiger partial charge in [0.1, 0.15) is 5.75 Å². The third kappa shape index (κ3) is 5.30. The van der Waals surface area contributed by atoms with Crippen LogP contribution in [0.25, 0.3) is 0 Å². The van der Waals surface area contributed by atoms with Gasteiger partial charge in [0.15, 0.2) is 0 Å². The van der Waals surface area contributed by atoms with E-state index in [1.54, 1.807) is 4.72 Å². The number of aliphatic hydroxyl groups excluding tert-OH is 1. The minimum Gasteiger partial charge on any atom is -0.495 e. The van der Waals surface area contributed by atoms with E-state index in [4.69, 9.17) is 9.84 Å². The molecule has 0 fully saturated rings. The lowest BCUT2D eigenvalue weighted by molar-refractivity contribution is 0.153. The summed E-state index contributed by atoms with van der Waals surface area (Å²) in [5, 5.41) is 8.67. The van der Waals surface area contributed by atoms with E-state index in [-0.39, 0.29) is 17.9 Å². The second-order valence-corrected chi connectivity index (χ2v) is 5.65. The first kappa shape index (κ1) is 17.4. The summed E-state index contributed by atoms with van der Waals surface area (Å²) < 4.78 is 54.7. The van der Waals surface area contributed by atoms with E-state index in [0.717, 1.165) is 0 Å². The van der Waals surface area contributed by atoms with E-state index in [1.807, 2.05) is 0 Å². The molecule has 0 spiro atoms. The largest absolute Gasteiger partial charge is 0.495 e. The zero-order valence-corrected chi connectivity index (χ0v) is 12.1. The van der Waals surface area contributed by atoms with Gasteiger partial charge in [-0.15, -0.1) is 0 Å². The molecule has 0 radical (unpaired) electrons. The van der Waals surface area contributed by atoms with Crippen molar-refractivity contribution in [2.75, 3.05) is 20.3 Å². The normalized spacial score (nSPS) is 11.1. The Kier molecular flexibility index (Phi) is 6.55. The van der Waals surface area contributed by atoms with E-state index >= 15 is 0 Å². The van der Waals surface area contributed by atoms with Crippen LogP contribution in [0.15, 0.2) is 23.1 Å². The topological polar surface area (TPSA) is 75.6 Å². The van der Waals surface area contributed by atoms with E-state index in [2.05, 4.69) is 11.8 Å². The lowest BCUT2D eigenvalue weighted by Crippen LogP contribution is -2.28. The van der Waals surface area contributed by atoms with Crippen LogP contribution in [0.1, 0.15) is 12.0 Å². The molecule has 0 amide bonds. The number of hydrogen-bond acceptors (Lipinski definition) is 4. The van der Waals surface area contributed by atoms with Crippen LogP contribution in [0.4, 0.5) is 8.78 Å². The number of benzene rings is 1. The third-order valence-corrected chi connectivity index (χ3v) is 3.79. The summed E-state index contributed by atoms with van der Waals surface area (Å²) in [4.78, 5) is -0.183. The van der Waals surface area contributed by atoms with Crippen LogP contribution in [0, 0.1) is 11.8 Å². The van der Waals surface area contributed by atoms with Gasteiger partial charge in [0.05, 0.1) is 30.7 Å². The summed E-state index contributed by atoms with van der Waals surface area (Å²) in [6, 6.07) is 3.86. The molecule has 0 saturated carbocycles. The smallest absolute Gasteiger partial charge is 0.251 e. The number of halogens is 2. The number of nitrogens with one attached hydrogen (secondary N) is 1. The highest BCUT2D eigenvalue weighted by Gasteiger charge is 2.17. The lowest BCUT2D eigenvalue weighted by Gasteiger charge is -2.09. The van der Waals surface area contributed by atoms with Crippen molar-refractivity contribution in [2.24, 2.45) is 0 Å². The fraction of sp³-hybridized carbons (Fsp3) is 0.385. The van der Waals surface area contributed by atoms with Gasteiger partial charge < -0.3 is 9.84 Å². The fourth-order valence-electron chi connectivity index (χ4n) is 1.42. The van der Waals surface area contributed by atoms with Crippen LogP contribution in [0.2, 0.25) is 0 Å². The molecule has 5 nitrogen and oxygen atoms in total. The molecular weight excluding hydrogens is 304 g/mol. The molecule has 0 saturated heterocycles. The molecule has 0 bridgehead atoms. The third-order valence-electron chi connectivity index (χ3n) is 2.37. The van der Waals surface area contributed by atoms with Gasteiger partial charge in [-0.25, -0.2) is 21.9 Å². The van der Waals surface area contributed by atoms with Gasteiger partial charge in [-0.05, 0) is 18.2 Å². The van der Waals surface area contributed by atoms with Crippen molar-refractivity contribution in [3.63, 3.8) is 0 Å². The van der Waals surface area contributed by atoms with Gasteiger partial charge in [-0.1, -0.05) is 11.8 Å². The van der Waals surface area contributed by atoms with E-state index in [0.29, 0.717) is 11.3 Å². The zero-order chi connectivity index (χ0) is 15.9. The molecule has 0 heterocycles. The van der Waals surface area contributed by atoms with Crippen molar-refractivity contribution in [1.29, 1.82) is 0 Å². The quantitative estimate of drug-likeness (QED) is 0.766. The number of alkyl halides is 2. The first-order chi connectivity index (χ1) is 9.90. The van der Waals surface area contributed by atoms with Crippen LogP contribution in [0.5, 0.6) is 5.75 Å². The Hall–Kier alpha value is -1.69. The maximum absolute atomic E-state index is 12.1. The summed E-state index contributed by atoms with van der Waals surface area (Å²) in [5.74, 6) is 5.66. The molecule has 0 aromatic heterocycles. The molecule has 21 heavy (non-hydrogen) atoms. The van der Waals surface area contributed by atoms with Gasteiger partial charge in [-0.2, -0.15) is 0 Å².